The van der Waals surface area contributed by atoms with Crippen LogP contribution in [0.2, 0.25) is 0 Å². The molecule has 0 aliphatic heterocycles. The van der Waals surface area contributed by atoms with Gasteiger partial charge in [0.25, 0.3) is 0 Å². The van der Waals surface area contributed by atoms with E-state index in [0.717, 1.165) is 54.9 Å². The van der Waals surface area contributed by atoms with E-state index < -0.39 is 0 Å². The topological polar surface area (TPSA) is 73.9 Å². The highest BCUT2D eigenvalue weighted by molar-refractivity contribution is 6.24. The Morgan fingerprint density at radius 2 is 1.54 bits per heavy atom. The summed E-state index contributed by atoms with van der Waals surface area (Å²) in [6, 6.07) is 21.9. The van der Waals surface area contributed by atoms with Crippen LogP contribution in [0.1, 0.15) is 0 Å². The van der Waals surface area contributed by atoms with Crippen LogP contribution in [0.4, 0.5) is 5.69 Å². The van der Waals surface area contributed by atoms with E-state index in [-0.39, 0.29) is 0 Å². The number of nitroso groups, excluding NO2 is 1. The second-order valence-corrected chi connectivity index (χ2v) is 6.92. The van der Waals surface area contributed by atoms with E-state index in [4.69, 9.17) is 4.98 Å². The molecule has 6 aromatic rings. The zero-order valence-electron chi connectivity index (χ0n) is 14.7. The molecule has 0 bridgehead atoms. The number of aromatic nitrogens is 3. The Bertz CT molecular complexity index is 1540. The van der Waals surface area contributed by atoms with E-state index in [1.54, 1.807) is 6.07 Å². The number of aromatic amines is 2. The summed E-state index contributed by atoms with van der Waals surface area (Å²) >= 11 is 0. The van der Waals surface area contributed by atoms with Crippen molar-refractivity contribution in [3.8, 4) is 11.4 Å². The first-order chi connectivity index (χ1) is 13.8. The van der Waals surface area contributed by atoms with Crippen LogP contribution in [0.15, 0.2) is 78.1 Å². The smallest absolute Gasteiger partial charge is 0.140 e. The number of fused-ring (bicyclic) bond motifs is 7. The van der Waals surface area contributed by atoms with Gasteiger partial charge in [0, 0.05) is 33.4 Å². The second kappa shape index (κ2) is 5.50. The third kappa shape index (κ3) is 1.98. The van der Waals surface area contributed by atoms with Crippen molar-refractivity contribution in [2.75, 3.05) is 0 Å². The van der Waals surface area contributed by atoms with Crippen molar-refractivity contribution in [1.29, 1.82) is 0 Å². The molecule has 0 atom stereocenters. The normalized spacial score (nSPS) is 11.7. The minimum Gasteiger partial charge on any atom is -0.360 e. The van der Waals surface area contributed by atoms with Crippen molar-refractivity contribution in [3.05, 3.63) is 77.8 Å². The number of hydrogen-bond acceptors (Lipinski definition) is 3. The van der Waals surface area contributed by atoms with E-state index >= 15 is 0 Å². The Balaban J connectivity index is 1.78. The SMILES string of the molecule is O=Nc1ccc2c3ccccc3c3[nH]c(-c4c[nH]c5ccccc45)nc3c2c1. The van der Waals surface area contributed by atoms with Crippen LogP contribution >= 0.6 is 0 Å². The summed E-state index contributed by atoms with van der Waals surface area (Å²) in [4.78, 5) is 22.9. The quantitative estimate of drug-likeness (QED) is 0.276. The van der Waals surface area contributed by atoms with Crippen molar-refractivity contribution in [2.24, 2.45) is 5.18 Å². The van der Waals surface area contributed by atoms with Gasteiger partial charge in [-0.2, -0.15) is 0 Å². The van der Waals surface area contributed by atoms with Crippen LogP contribution in [0.5, 0.6) is 0 Å². The fraction of sp³-hybridized carbons (Fsp3) is 0. The number of imidazole rings is 1. The molecule has 2 N–H and O–H groups in total. The van der Waals surface area contributed by atoms with Gasteiger partial charge in [-0.1, -0.05) is 48.5 Å². The number of nitrogens with zero attached hydrogens (tertiary/aromatic N) is 2. The summed E-state index contributed by atoms with van der Waals surface area (Å²) < 4.78 is 0. The Hall–Kier alpha value is -3.99. The molecule has 132 valence electrons. The lowest BCUT2D eigenvalue weighted by molar-refractivity contribution is 1.34. The van der Waals surface area contributed by atoms with Crippen LogP contribution in [0, 0.1) is 4.91 Å². The molecule has 28 heavy (non-hydrogen) atoms. The third-order valence-electron chi connectivity index (χ3n) is 5.40. The summed E-state index contributed by atoms with van der Waals surface area (Å²) in [5, 5.41) is 8.44. The van der Waals surface area contributed by atoms with Gasteiger partial charge in [0.1, 0.15) is 11.5 Å². The Morgan fingerprint density at radius 3 is 2.39 bits per heavy atom. The summed E-state index contributed by atoms with van der Waals surface area (Å²) in [6.07, 6.45) is 1.98. The first-order valence-electron chi connectivity index (χ1n) is 9.07. The average Bonchev–Trinajstić information content (AvgIpc) is 3.38. The highest BCUT2D eigenvalue weighted by Gasteiger charge is 2.16. The maximum absolute atomic E-state index is 11.1. The molecule has 6 rings (SSSR count). The molecular formula is C23H14N4O. The van der Waals surface area contributed by atoms with Crippen molar-refractivity contribution < 1.29 is 0 Å². The van der Waals surface area contributed by atoms with E-state index in [1.165, 1.54) is 0 Å². The third-order valence-corrected chi connectivity index (χ3v) is 5.40. The van der Waals surface area contributed by atoms with Gasteiger partial charge in [-0.3, -0.25) is 0 Å². The van der Waals surface area contributed by atoms with Gasteiger partial charge in [0.05, 0.1) is 11.0 Å². The zero-order chi connectivity index (χ0) is 18.7. The van der Waals surface area contributed by atoms with Gasteiger partial charge in [0.2, 0.25) is 0 Å². The number of hydrogen-bond donors (Lipinski definition) is 2. The predicted octanol–water partition coefficient (Wildman–Crippen LogP) is 6.42. The van der Waals surface area contributed by atoms with Gasteiger partial charge in [-0.25, -0.2) is 4.98 Å². The molecule has 0 radical (unpaired) electrons. The lowest BCUT2D eigenvalue weighted by Gasteiger charge is -2.06. The van der Waals surface area contributed by atoms with Crippen LogP contribution in [-0.4, -0.2) is 15.0 Å². The van der Waals surface area contributed by atoms with Gasteiger partial charge >= 0.3 is 0 Å². The molecule has 2 aromatic heterocycles. The standard InChI is InChI=1S/C23H14N4O/c28-27-13-9-10-15-14-5-1-2-7-17(14)21-22(18(15)11-13)26-23(25-21)19-12-24-20-8-4-3-6-16(19)20/h1-12,24H,(H,25,26). The lowest BCUT2D eigenvalue weighted by Crippen LogP contribution is -1.81. The molecular weight excluding hydrogens is 348 g/mol. The summed E-state index contributed by atoms with van der Waals surface area (Å²) in [5.41, 5.74) is 4.31. The fourth-order valence-electron chi connectivity index (χ4n) is 4.11. The molecule has 0 amide bonds. The predicted molar refractivity (Wildman–Crippen MR) is 114 cm³/mol. The molecule has 5 heteroatoms. The molecule has 0 aliphatic rings. The van der Waals surface area contributed by atoms with Crippen molar-refractivity contribution in [3.63, 3.8) is 0 Å². The van der Waals surface area contributed by atoms with Crippen LogP contribution < -0.4 is 0 Å². The van der Waals surface area contributed by atoms with E-state index in [9.17, 15) is 4.91 Å². The molecule has 0 spiro atoms. The maximum Gasteiger partial charge on any atom is 0.140 e. The number of para-hydroxylation sites is 1. The van der Waals surface area contributed by atoms with Crippen molar-refractivity contribution >= 4 is 49.2 Å². The van der Waals surface area contributed by atoms with Crippen LogP contribution in [0.3, 0.4) is 0 Å². The Kier molecular flexibility index (Phi) is 2.97. The molecule has 4 aromatic carbocycles. The van der Waals surface area contributed by atoms with Crippen LogP contribution in [-0.2, 0) is 0 Å². The molecule has 0 unspecified atom stereocenters. The summed E-state index contributed by atoms with van der Waals surface area (Å²) in [6.45, 7) is 0. The Morgan fingerprint density at radius 1 is 0.786 bits per heavy atom. The fourth-order valence-corrected chi connectivity index (χ4v) is 4.11. The number of nitrogens with one attached hydrogen (secondary N) is 2. The van der Waals surface area contributed by atoms with Crippen molar-refractivity contribution in [1.82, 2.24) is 15.0 Å². The first kappa shape index (κ1) is 15.1. The monoisotopic (exact) mass is 362 g/mol. The molecule has 0 saturated carbocycles. The van der Waals surface area contributed by atoms with Gasteiger partial charge < -0.3 is 9.97 Å². The number of H-pyrrole nitrogens is 2. The van der Waals surface area contributed by atoms with E-state index in [1.807, 2.05) is 48.7 Å². The number of rotatable bonds is 2. The lowest BCUT2D eigenvalue weighted by atomic mass is 9.99. The molecule has 2 heterocycles. The minimum atomic E-state index is 0.403. The molecule has 0 aliphatic carbocycles. The summed E-state index contributed by atoms with van der Waals surface area (Å²) in [5.74, 6) is 0.801. The average molecular weight is 362 g/mol. The second-order valence-electron chi connectivity index (χ2n) is 6.92. The van der Waals surface area contributed by atoms with Gasteiger partial charge in [-0.05, 0) is 34.1 Å². The molecule has 0 saturated heterocycles. The highest BCUT2D eigenvalue weighted by atomic mass is 16.3. The Labute approximate surface area is 159 Å². The molecule has 0 fully saturated rings. The minimum absolute atomic E-state index is 0.403. The first-order valence-corrected chi connectivity index (χ1v) is 9.07. The van der Waals surface area contributed by atoms with E-state index in [0.29, 0.717) is 5.69 Å². The van der Waals surface area contributed by atoms with E-state index in [2.05, 4.69) is 33.3 Å². The van der Waals surface area contributed by atoms with Gasteiger partial charge in [-0.15, -0.1) is 4.91 Å². The summed E-state index contributed by atoms with van der Waals surface area (Å²) in [7, 11) is 0. The highest BCUT2D eigenvalue weighted by Crippen LogP contribution is 2.37. The number of benzene rings is 4. The molecule has 5 nitrogen and oxygen atoms in total. The van der Waals surface area contributed by atoms with Gasteiger partial charge in [0.15, 0.2) is 0 Å². The van der Waals surface area contributed by atoms with Crippen LogP contribution in [0.25, 0.3) is 54.9 Å². The van der Waals surface area contributed by atoms with Crippen molar-refractivity contribution in [2.45, 2.75) is 0 Å². The largest absolute Gasteiger partial charge is 0.360 e. The zero-order valence-corrected chi connectivity index (χ0v) is 14.7. The maximum atomic E-state index is 11.1.